The molecule has 0 saturated carbocycles. The fraction of sp³-hybridized carbons (Fsp3) is 0.538. The highest BCUT2D eigenvalue weighted by molar-refractivity contribution is 5.44. The number of rotatable bonds is 8. The van der Waals surface area contributed by atoms with E-state index in [-0.39, 0.29) is 0 Å². The molecule has 0 bridgehead atoms. The molecule has 0 radical (unpaired) electrons. The Hall–Kier alpha value is -1.06. The second-order valence-corrected chi connectivity index (χ2v) is 4.00. The zero-order valence-corrected chi connectivity index (χ0v) is 10.2. The molecule has 0 aliphatic rings. The van der Waals surface area contributed by atoms with Crippen molar-refractivity contribution in [1.82, 2.24) is 5.32 Å². The smallest absolute Gasteiger partial charge is 0.0363 e. The summed E-state index contributed by atoms with van der Waals surface area (Å²) in [6.45, 7) is 3.96. The van der Waals surface area contributed by atoms with E-state index in [0.29, 0.717) is 0 Å². The Bertz CT molecular complexity index is 261. The van der Waals surface area contributed by atoms with E-state index in [4.69, 9.17) is 5.73 Å². The number of anilines is 1. The van der Waals surface area contributed by atoms with Crippen molar-refractivity contribution in [2.24, 2.45) is 5.73 Å². The van der Waals surface area contributed by atoms with E-state index in [1.54, 1.807) is 0 Å². The summed E-state index contributed by atoms with van der Waals surface area (Å²) in [5.41, 5.74) is 6.70. The highest BCUT2D eigenvalue weighted by Crippen LogP contribution is 2.10. The number of hydrogen-bond donors (Lipinski definition) is 2. The third kappa shape index (κ3) is 5.14. The van der Waals surface area contributed by atoms with Gasteiger partial charge in [0.05, 0.1) is 0 Å². The number of para-hydroxylation sites is 1. The Kier molecular flexibility index (Phi) is 6.61. The fourth-order valence-corrected chi connectivity index (χ4v) is 1.60. The van der Waals surface area contributed by atoms with Crippen LogP contribution in [0, 0.1) is 0 Å². The van der Waals surface area contributed by atoms with Gasteiger partial charge in [0.2, 0.25) is 0 Å². The molecule has 1 aromatic carbocycles. The molecule has 16 heavy (non-hydrogen) atoms. The topological polar surface area (TPSA) is 41.3 Å². The Morgan fingerprint density at radius 2 is 1.81 bits per heavy atom. The van der Waals surface area contributed by atoms with Gasteiger partial charge in [-0.05, 0) is 44.6 Å². The van der Waals surface area contributed by atoms with Crippen LogP contribution in [-0.4, -0.2) is 33.2 Å². The Morgan fingerprint density at radius 3 is 2.50 bits per heavy atom. The van der Waals surface area contributed by atoms with Crippen molar-refractivity contribution < 1.29 is 0 Å². The number of hydrogen-bond acceptors (Lipinski definition) is 3. The molecule has 3 nitrogen and oxygen atoms in total. The average molecular weight is 221 g/mol. The van der Waals surface area contributed by atoms with Gasteiger partial charge < -0.3 is 16.0 Å². The number of benzene rings is 1. The maximum atomic E-state index is 5.42. The predicted octanol–water partition coefficient (Wildman–Crippen LogP) is 1.45. The maximum absolute atomic E-state index is 5.42. The molecule has 1 aromatic rings. The quantitative estimate of drug-likeness (QED) is 0.653. The van der Waals surface area contributed by atoms with Crippen LogP contribution < -0.4 is 16.0 Å². The molecule has 0 atom stereocenters. The van der Waals surface area contributed by atoms with Crippen LogP contribution in [0.25, 0.3) is 0 Å². The van der Waals surface area contributed by atoms with Crippen molar-refractivity contribution in [3.05, 3.63) is 30.3 Å². The minimum Gasteiger partial charge on any atom is -0.375 e. The lowest BCUT2D eigenvalue weighted by Gasteiger charge is -2.19. The van der Waals surface area contributed by atoms with Crippen molar-refractivity contribution in [2.45, 2.75) is 12.8 Å². The largest absolute Gasteiger partial charge is 0.375 e. The van der Waals surface area contributed by atoms with Gasteiger partial charge in [-0.2, -0.15) is 0 Å². The van der Waals surface area contributed by atoms with Crippen LogP contribution >= 0.6 is 0 Å². The van der Waals surface area contributed by atoms with Gasteiger partial charge in [-0.3, -0.25) is 0 Å². The first-order valence-electron chi connectivity index (χ1n) is 6.01. The minimum atomic E-state index is 0.775. The minimum absolute atomic E-state index is 0.775. The maximum Gasteiger partial charge on any atom is 0.0363 e. The molecule has 3 N–H and O–H groups in total. The number of nitrogens with zero attached hydrogens (tertiary/aromatic N) is 1. The predicted molar refractivity (Wildman–Crippen MR) is 70.9 cm³/mol. The standard InChI is InChI=1S/C13H23N3/c1-16(13-7-3-2-4-8-13)12-6-11-15-10-5-9-14/h2-4,7-8,15H,5-6,9-12,14H2,1H3. The lowest BCUT2D eigenvalue weighted by Crippen LogP contribution is -2.25. The van der Waals surface area contributed by atoms with Crippen LogP contribution in [0.5, 0.6) is 0 Å². The molecule has 3 heteroatoms. The lowest BCUT2D eigenvalue weighted by molar-refractivity contribution is 0.625. The highest BCUT2D eigenvalue weighted by Gasteiger charge is 1.98. The fourth-order valence-electron chi connectivity index (χ4n) is 1.60. The molecule has 0 aliphatic carbocycles. The van der Waals surface area contributed by atoms with Gasteiger partial charge >= 0.3 is 0 Å². The third-order valence-corrected chi connectivity index (χ3v) is 2.60. The van der Waals surface area contributed by atoms with Crippen LogP contribution in [0.2, 0.25) is 0 Å². The first-order chi connectivity index (χ1) is 7.84. The summed E-state index contributed by atoms with van der Waals surface area (Å²) in [6, 6.07) is 10.5. The second kappa shape index (κ2) is 8.13. The molecule has 0 amide bonds. The van der Waals surface area contributed by atoms with Crippen molar-refractivity contribution in [1.29, 1.82) is 0 Å². The summed E-state index contributed by atoms with van der Waals surface area (Å²) in [5, 5.41) is 3.39. The Morgan fingerprint density at radius 1 is 1.12 bits per heavy atom. The summed E-state index contributed by atoms with van der Waals surface area (Å²) in [6.07, 6.45) is 2.23. The number of nitrogens with one attached hydrogen (secondary N) is 1. The molecule has 0 fully saturated rings. The first-order valence-corrected chi connectivity index (χ1v) is 6.01. The summed E-state index contributed by atoms with van der Waals surface area (Å²) in [7, 11) is 2.13. The van der Waals surface area contributed by atoms with E-state index in [0.717, 1.165) is 39.0 Å². The van der Waals surface area contributed by atoms with E-state index in [1.165, 1.54) is 5.69 Å². The van der Waals surface area contributed by atoms with Gasteiger partial charge in [-0.25, -0.2) is 0 Å². The van der Waals surface area contributed by atoms with Gasteiger partial charge in [-0.1, -0.05) is 18.2 Å². The molecule has 0 heterocycles. The van der Waals surface area contributed by atoms with Crippen molar-refractivity contribution in [3.8, 4) is 0 Å². The van der Waals surface area contributed by atoms with Gasteiger partial charge in [0.1, 0.15) is 0 Å². The van der Waals surface area contributed by atoms with Crippen molar-refractivity contribution >= 4 is 5.69 Å². The van der Waals surface area contributed by atoms with E-state index < -0.39 is 0 Å². The molecule has 0 saturated heterocycles. The van der Waals surface area contributed by atoms with Gasteiger partial charge in [0, 0.05) is 19.3 Å². The molecule has 1 rings (SSSR count). The molecule has 0 aromatic heterocycles. The summed E-state index contributed by atoms with van der Waals surface area (Å²) in [5.74, 6) is 0. The molecule has 0 aliphatic heterocycles. The average Bonchev–Trinajstić information content (AvgIpc) is 2.34. The Balaban J connectivity index is 2.09. The first kappa shape index (κ1) is 13.0. The third-order valence-electron chi connectivity index (χ3n) is 2.60. The molecule has 90 valence electrons. The monoisotopic (exact) mass is 221 g/mol. The summed E-state index contributed by atoms with van der Waals surface area (Å²) in [4.78, 5) is 2.28. The van der Waals surface area contributed by atoms with Crippen LogP contribution in [0.4, 0.5) is 5.69 Å². The van der Waals surface area contributed by atoms with Crippen LogP contribution in [-0.2, 0) is 0 Å². The lowest BCUT2D eigenvalue weighted by atomic mass is 10.3. The van der Waals surface area contributed by atoms with E-state index in [9.17, 15) is 0 Å². The summed E-state index contributed by atoms with van der Waals surface area (Å²) >= 11 is 0. The van der Waals surface area contributed by atoms with E-state index in [2.05, 4.69) is 41.5 Å². The van der Waals surface area contributed by atoms with Gasteiger partial charge in [0.25, 0.3) is 0 Å². The van der Waals surface area contributed by atoms with Gasteiger partial charge in [-0.15, -0.1) is 0 Å². The SMILES string of the molecule is CN(CCCNCCCN)c1ccccc1. The van der Waals surface area contributed by atoms with Crippen molar-refractivity contribution in [2.75, 3.05) is 38.1 Å². The zero-order chi connectivity index (χ0) is 11.6. The van der Waals surface area contributed by atoms with Crippen LogP contribution in [0.3, 0.4) is 0 Å². The van der Waals surface area contributed by atoms with E-state index >= 15 is 0 Å². The molecule has 0 spiro atoms. The highest BCUT2D eigenvalue weighted by atomic mass is 15.1. The second-order valence-electron chi connectivity index (χ2n) is 4.00. The van der Waals surface area contributed by atoms with Crippen LogP contribution in [0.15, 0.2) is 30.3 Å². The molecular weight excluding hydrogens is 198 g/mol. The molecule has 0 unspecified atom stereocenters. The normalized spacial score (nSPS) is 10.4. The molecular formula is C13H23N3. The van der Waals surface area contributed by atoms with Gasteiger partial charge in [0.15, 0.2) is 0 Å². The van der Waals surface area contributed by atoms with E-state index in [1.807, 2.05) is 6.07 Å². The Labute approximate surface area is 98.6 Å². The van der Waals surface area contributed by atoms with Crippen LogP contribution in [0.1, 0.15) is 12.8 Å². The zero-order valence-electron chi connectivity index (χ0n) is 10.2. The van der Waals surface area contributed by atoms with Crippen molar-refractivity contribution in [3.63, 3.8) is 0 Å². The summed E-state index contributed by atoms with van der Waals surface area (Å²) < 4.78 is 0. The number of nitrogens with two attached hydrogens (primary N) is 1.